The Labute approximate surface area is 314 Å². The first-order valence-electron chi connectivity index (χ1n) is 19.4. The molecule has 3 N–H and O–H groups in total. The lowest BCUT2D eigenvalue weighted by Crippen LogP contribution is -2.58. The fourth-order valence-electron chi connectivity index (χ4n) is 7.61. The normalized spacial score (nSPS) is 21.4. The molecule has 2 heterocycles. The summed E-state index contributed by atoms with van der Waals surface area (Å²) in [4.78, 5) is 62.4. The van der Waals surface area contributed by atoms with Crippen LogP contribution >= 0.6 is 11.3 Å². The standard InChI is InChI=1S/C40H61N5O6S/c1-8-16-45(40(50)36(26(6)10-3)43-38(49)33-13-11-12-17-44(33)7)34(25(4)5)22-35(51-18-9-2)39-42-32(24-52-39)37(48)41-29-19-27-14-15-30(47)21-31(27)28(20-29)23-46/h14-15,21,23-26,28-29,33-36,47H,8-13,16-20,22H2,1-7H3,(H,41,48)(H,43,49)/t26-,28-,29-,33+,34?,35+,36-/m0/s1. The van der Waals surface area contributed by atoms with Crippen molar-refractivity contribution in [3.63, 3.8) is 0 Å². The fourth-order valence-corrected chi connectivity index (χ4v) is 8.47. The third-order valence-corrected chi connectivity index (χ3v) is 11.7. The van der Waals surface area contributed by atoms with Crippen molar-refractivity contribution in [3.05, 3.63) is 45.4 Å². The van der Waals surface area contributed by atoms with Crippen LogP contribution in [0, 0.1) is 11.8 Å². The van der Waals surface area contributed by atoms with Crippen LogP contribution in [0.1, 0.15) is 132 Å². The van der Waals surface area contributed by atoms with Crippen molar-refractivity contribution in [3.8, 4) is 5.75 Å². The van der Waals surface area contributed by atoms with Crippen LogP contribution in [0.3, 0.4) is 0 Å². The molecule has 3 amide bonds. The number of phenolic OH excluding ortho intramolecular Hbond substituents is 1. The molecule has 1 saturated heterocycles. The number of likely N-dealkylation sites (N-methyl/N-ethyl adjacent to an activating group) is 1. The number of phenols is 1. The summed E-state index contributed by atoms with van der Waals surface area (Å²) >= 11 is 1.37. The highest BCUT2D eigenvalue weighted by atomic mass is 32.1. The minimum Gasteiger partial charge on any atom is -0.508 e. The number of nitrogens with zero attached hydrogens (tertiary/aromatic N) is 3. The Morgan fingerprint density at radius 2 is 1.92 bits per heavy atom. The van der Waals surface area contributed by atoms with Crippen molar-refractivity contribution in [1.82, 2.24) is 25.4 Å². The molecule has 11 nitrogen and oxygen atoms in total. The molecular formula is C40H61N5O6S. The fraction of sp³-hybridized carbons (Fsp3) is 0.675. The molecule has 2 aromatic rings. The summed E-state index contributed by atoms with van der Waals surface area (Å²) in [6.07, 6.45) is 7.12. The van der Waals surface area contributed by atoms with E-state index in [0.29, 0.717) is 43.1 Å². The van der Waals surface area contributed by atoms with Crippen molar-refractivity contribution < 1.29 is 29.0 Å². The van der Waals surface area contributed by atoms with E-state index in [1.54, 1.807) is 17.5 Å². The van der Waals surface area contributed by atoms with E-state index in [0.717, 1.165) is 62.5 Å². The number of piperidine rings is 1. The maximum Gasteiger partial charge on any atom is 0.270 e. The van der Waals surface area contributed by atoms with E-state index in [1.807, 2.05) is 31.9 Å². The molecule has 12 heteroatoms. The zero-order chi connectivity index (χ0) is 37.9. The van der Waals surface area contributed by atoms with Gasteiger partial charge in [0.15, 0.2) is 0 Å². The second-order valence-electron chi connectivity index (χ2n) is 15.1. The minimum absolute atomic E-state index is 0.0451. The Kier molecular flexibility index (Phi) is 15.6. The number of aromatic hydroxyl groups is 1. The second-order valence-corrected chi connectivity index (χ2v) is 16.0. The van der Waals surface area contributed by atoms with E-state index in [2.05, 4.69) is 43.2 Å². The molecule has 4 rings (SSSR count). The molecule has 0 bridgehead atoms. The second kappa shape index (κ2) is 19.6. The minimum atomic E-state index is -0.637. The number of carbonyl (C=O) groups excluding carboxylic acids is 4. The van der Waals surface area contributed by atoms with Gasteiger partial charge in [0, 0.05) is 43.0 Å². The molecule has 1 aromatic carbocycles. The van der Waals surface area contributed by atoms with Gasteiger partial charge in [-0.05, 0) is 87.2 Å². The molecule has 1 aliphatic carbocycles. The van der Waals surface area contributed by atoms with Crippen LogP contribution in [0.4, 0.5) is 0 Å². The van der Waals surface area contributed by atoms with E-state index in [9.17, 15) is 24.3 Å². The van der Waals surface area contributed by atoms with Crippen LogP contribution in [0.25, 0.3) is 0 Å². The first-order chi connectivity index (χ1) is 24.9. The number of thiazole rings is 1. The van der Waals surface area contributed by atoms with Gasteiger partial charge in [-0.25, -0.2) is 4.98 Å². The van der Waals surface area contributed by atoms with Crippen LogP contribution < -0.4 is 10.6 Å². The van der Waals surface area contributed by atoms with Crippen LogP contribution in [-0.4, -0.2) is 94.8 Å². The molecule has 1 fully saturated rings. The molecule has 1 aliphatic heterocycles. The number of aromatic nitrogens is 1. The van der Waals surface area contributed by atoms with E-state index >= 15 is 0 Å². The predicted octanol–water partition coefficient (Wildman–Crippen LogP) is 6.01. The van der Waals surface area contributed by atoms with Crippen LogP contribution in [0.15, 0.2) is 23.6 Å². The van der Waals surface area contributed by atoms with Gasteiger partial charge in [-0.1, -0.05) is 60.5 Å². The first-order valence-corrected chi connectivity index (χ1v) is 20.3. The number of ether oxygens (including phenoxy) is 1. The number of amides is 3. The lowest BCUT2D eigenvalue weighted by molar-refractivity contribution is -0.143. The van der Waals surface area contributed by atoms with Gasteiger partial charge in [-0.3, -0.25) is 19.3 Å². The predicted molar refractivity (Wildman–Crippen MR) is 204 cm³/mol. The molecule has 52 heavy (non-hydrogen) atoms. The van der Waals surface area contributed by atoms with Gasteiger partial charge in [0.1, 0.15) is 34.9 Å². The van der Waals surface area contributed by atoms with Crippen LogP contribution in [0.5, 0.6) is 5.75 Å². The zero-order valence-electron chi connectivity index (χ0n) is 32.2. The zero-order valence-corrected chi connectivity index (χ0v) is 33.0. The smallest absolute Gasteiger partial charge is 0.270 e. The van der Waals surface area contributed by atoms with Crippen molar-refractivity contribution in [2.75, 3.05) is 26.7 Å². The summed E-state index contributed by atoms with van der Waals surface area (Å²) in [5, 5.41) is 18.6. The Morgan fingerprint density at radius 3 is 2.58 bits per heavy atom. The van der Waals surface area contributed by atoms with Crippen molar-refractivity contribution in [1.29, 1.82) is 0 Å². The topological polar surface area (TPSA) is 141 Å². The quantitative estimate of drug-likeness (QED) is 0.158. The molecule has 0 spiro atoms. The molecule has 288 valence electrons. The Bertz CT molecular complexity index is 1500. The molecule has 0 radical (unpaired) electrons. The first kappa shape index (κ1) is 41.4. The van der Waals surface area contributed by atoms with Crippen molar-refractivity contribution >= 4 is 35.3 Å². The van der Waals surface area contributed by atoms with Crippen molar-refractivity contribution in [2.45, 2.75) is 136 Å². The summed E-state index contributed by atoms with van der Waals surface area (Å²) in [6, 6.07) is 3.72. The summed E-state index contributed by atoms with van der Waals surface area (Å²) in [5.74, 6) is -0.700. The Hall–Kier alpha value is -3.35. The van der Waals surface area contributed by atoms with E-state index in [4.69, 9.17) is 9.72 Å². The highest BCUT2D eigenvalue weighted by Crippen LogP contribution is 2.34. The average Bonchev–Trinajstić information content (AvgIpc) is 3.63. The van der Waals surface area contributed by atoms with Crippen molar-refractivity contribution in [2.24, 2.45) is 11.8 Å². The number of hydrogen-bond donors (Lipinski definition) is 3. The summed E-state index contributed by atoms with van der Waals surface area (Å²) < 4.78 is 6.41. The number of hydrogen-bond acceptors (Lipinski definition) is 9. The molecule has 0 saturated carbocycles. The molecular weight excluding hydrogens is 679 g/mol. The van der Waals surface area contributed by atoms with Gasteiger partial charge in [-0.2, -0.15) is 0 Å². The highest BCUT2D eigenvalue weighted by molar-refractivity contribution is 7.09. The van der Waals surface area contributed by atoms with Gasteiger partial charge >= 0.3 is 0 Å². The number of fused-ring (bicyclic) bond motifs is 1. The highest BCUT2D eigenvalue weighted by Gasteiger charge is 2.38. The lowest BCUT2D eigenvalue weighted by atomic mass is 9.80. The van der Waals surface area contributed by atoms with Gasteiger partial charge in [0.25, 0.3) is 5.91 Å². The Balaban J connectivity index is 1.53. The van der Waals surface area contributed by atoms with Gasteiger partial charge in [0.2, 0.25) is 11.8 Å². The van der Waals surface area contributed by atoms with Gasteiger partial charge < -0.3 is 30.2 Å². The maximum atomic E-state index is 14.6. The van der Waals surface area contributed by atoms with E-state index < -0.39 is 18.1 Å². The number of aldehydes is 1. The molecule has 2 aliphatic rings. The summed E-state index contributed by atoms with van der Waals surface area (Å²) in [5.41, 5.74) is 2.03. The largest absolute Gasteiger partial charge is 0.508 e. The van der Waals surface area contributed by atoms with Crippen LogP contribution in [0.2, 0.25) is 0 Å². The van der Waals surface area contributed by atoms with Gasteiger partial charge in [-0.15, -0.1) is 11.3 Å². The Morgan fingerprint density at radius 1 is 1.15 bits per heavy atom. The summed E-state index contributed by atoms with van der Waals surface area (Å²) in [7, 11) is 1.98. The third kappa shape index (κ3) is 10.4. The number of carbonyl (C=O) groups is 4. The van der Waals surface area contributed by atoms with E-state index in [1.165, 1.54) is 11.3 Å². The monoisotopic (exact) mass is 739 g/mol. The SMILES string of the molecule is CCCO[C@H](CC(C(C)C)N(CCC)C(=O)[C@@H](NC(=O)[C@H]1CCCCN1C)[C@@H](C)CC)c1nc(C(=O)N[C@H]2Cc3ccc(O)cc3[C@H](C=O)C2)cs1. The lowest BCUT2D eigenvalue weighted by Gasteiger charge is -2.40. The number of likely N-dealkylation sites (tertiary alicyclic amines) is 1. The molecule has 1 unspecified atom stereocenters. The van der Waals surface area contributed by atoms with Crippen LogP contribution in [-0.2, 0) is 25.5 Å². The number of rotatable bonds is 18. The molecule has 7 atom stereocenters. The third-order valence-electron chi connectivity index (χ3n) is 10.8. The molecule has 1 aromatic heterocycles. The average molecular weight is 740 g/mol. The van der Waals surface area contributed by atoms with E-state index in [-0.39, 0.29) is 53.4 Å². The van der Waals surface area contributed by atoms with Gasteiger partial charge in [0.05, 0.1) is 6.04 Å². The number of benzene rings is 1. The number of nitrogens with one attached hydrogen (secondary N) is 2. The summed E-state index contributed by atoms with van der Waals surface area (Å²) in [6.45, 7) is 14.3. The maximum absolute atomic E-state index is 14.6.